The molecule has 0 spiro atoms. The molecule has 2 aromatic rings. The SMILES string of the molecule is Cc1ccc(C[C@@H]2CCCN(Cc3ccc(S(C)(=O)=O)cc3)C2)cn1. The first kappa shape index (κ1) is 18.1. The minimum absolute atomic E-state index is 0.389. The summed E-state index contributed by atoms with van der Waals surface area (Å²) in [4.78, 5) is 7.26. The van der Waals surface area contributed by atoms with Crippen molar-refractivity contribution in [3.8, 4) is 0 Å². The third kappa shape index (κ3) is 5.13. The van der Waals surface area contributed by atoms with Crippen LogP contribution < -0.4 is 0 Å². The molecule has 1 aromatic carbocycles. The van der Waals surface area contributed by atoms with Crippen molar-refractivity contribution in [2.24, 2.45) is 5.92 Å². The maximum Gasteiger partial charge on any atom is 0.175 e. The van der Waals surface area contributed by atoms with Crippen LogP contribution in [0.4, 0.5) is 0 Å². The van der Waals surface area contributed by atoms with E-state index in [1.807, 2.05) is 25.3 Å². The quantitative estimate of drug-likeness (QED) is 0.823. The highest BCUT2D eigenvalue weighted by Gasteiger charge is 2.20. The monoisotopic (exact) mass is 358 g/mol. The zero-order chi connectivity index (χ0) is 17.9. The van der Waals surface area contributed by atoms with Crippen LogP contribution in [0.25, 0.3) is 0 Å². The number of hydrogen-bond donors (Lipinski definition) is 0. The number of pyridine rings is 1. The molecule has 0 N–H and O–H groups in total. The lowest BCUT2D eigenvalue weighted by Crippen LogP contribution is -2.35. The summed E-state index contributed by atoms with van der Waals surface area (Å²) in [7, 11) is -3.12. The molecule has 134 valence electrons. The average molecular weight is 359 g/mol. The van der Waals surface area contributed by atoms with Gasteiger partial charge in [0.05, 0.1) is 4.90 Å². The fraction of sp³-hybridized carbons (Fsp3) is 0.450. The Morgan fingerprint density at radius 3 is 2.48 bits per heavy atom. The van der Waals surface area contributed by atoms with Crippen LogP contribution >= 0.6 is 0 Å². The molecule has 4 nitrogen and oxygen atoms in total. The summed E-state index contributed by atoms with van der Waals surface area (Å²) in [6.45, 7) is 5.09. The molecule has 1 fully saturated rings. The molecule has 0 saturated carbocycles. The maximum atomic E-state index is 11.6. The van der Waals surface area contributed by atoms with Gasteiger partial charge in [0, 0.05) is 31.2 Å². The Bertz CT molecular complexity index is 799. The largest absolute Gasteiger partial charge is 0.299 e. The first-order valence-electron chi connectivity index (χ1n) is 8.83. The van der Waals surface area contributed by atoms with E-state index in [9.17, 15) is 8.42 Å². The highest BCUT2D eigenvalue weighted by molar-refractivity contribution is 7.90. The summed E-state index contributed by atoms with van der Waals surface area (Å²) < 4.78 is 23.1. The number of piperidine rings is 1. The second kappa shape index (κ2) is 7.67. The van der Waals surface area contributed by atoms with Crippen molar-refractivity contribution in [3.63, 3.8) is 0 Å². The third-order valence-corrected chi connectivity index (χ3v) is 5.99. The van der Waals surface area contributed by atoms with Crippen LogP contribution in [0.15, 0.2) is 47.5 Å². The summed E-state index contributed by atoms with van der Waals surface area (Å²) in [5, 5.41) is 0. The first-order chi connectivity index (χ1) is 11.9. The van der Waals surface area contributed by atoms with Crippen LogP contribution in [-0.4, -0.2) is 37.6 Å². The van der Waals surface area contributed by atoms with Gasteiger partial charge in [-0.1, -0.05) is 18.2 Å². The molecule has 1 saturated heterocycles. The number of rotatable bonds is 5. The number of aromatic nitrogens is 1. The lowest BCUT2D eigenvalue weighted by Gasteiger charge is -2.33. The minimum Gasteiger partial charge on any atom is -0.299 e. The normalized spacial score (nSPS) is 19.0. The standard InChI is InChI=1S/C20H26N2O2S/c1-16-5-6-18(13-21-16)12-19-4-3-11-22(15-19)14-17-7-9-20(10-8-17)25(2,23)24/h5-10,13,19H,3-4,11-12,14-15H2,1-2H3/t19-/m0/s1. The van der Waals surface area contributed by atoms with Crippen LogP contribution in [0.1, 0.15) is 29.7 Å². The fourth-order valence-electron chi connectivity index (χ4n) is 3.51. The van der Waals surface area contributed by atoms with Crippen molar-refractivity contribution in [1.82, 2.24) is 9.88 Å². The Kier molecular flexibility index (Phi) is 5.54. The van der Waals surface area contributed by atoms with E-state index in [1.54, 1.807) is 12.1 Å². The second-order valence-corrected chi connectivity index (χ2v) is 9.19. The van der Waals surface area contributed by atoms with Crippen molar-refractivity contribution in [1.29, 1.82) is 0 Å². The number of likely N-dealkylation sites (tertiary alicyclic amines) is 1. The Morgan fingerprint density at radius 2 is 1.84 bits per heavy atom. The van der Waals surface area contributed by atoms with Crippen molar-refractivity contribution < 1.29 is 8.42 Å². The van der Waals surface area contributed by atoms with Gasteiger partial charge in [-0.3, -0.25) is 9.88 Å². The van der Waals surface area contributed by atoms with Crippen LogP contribution in [0.2, 0.25) is 0 Å². The second-order valence-electron chi connectivity index (χ2n) is 7.17. The van der Waals surface area contributed by atoms with E-state index in [0.29, 0.717) is 10.8 Å². The Labute approximate surface area is 150 Å². The minimum atomic E-state index is -3.12. The van der Waals surface area contributed by atoms with Gasteiger partial charge in [-0.25, -0.2) is 8.42 Å². The molecule has 1 aliphatic heterocycles. The Balaban J connectivity index is 1.59. The fourth-order valence-corrected chi connectivity index (χ4v) is 4.14. The molecule has 0 amide bonds. The van der Waals surface area contributed by atoms with Crippen LogP contribution in [0.3, 0.4) is 0 Å². The summed E-state index contributed by atoms with van der Waals surface area (Å²) in [6.07, 6.45) is 6.80. The van der Waals surface area contributed by atoms with Gasteiger partial charge in [0.25, 0.3) is 0 Å². The predicted octanol–water partition coefficient (Wildman–Crippen LogP) is 3.25. The van der Waals surface area contributed by atoms with E-state index in [0.717, 1.165) is 31.7 Å². The molecule has 0 radical (unpaired) electrons. The smallest absolute Gasteiger partial charge is 0.175 e. The summed E-state index contributed by atoms with van der Waals surface area (Å²) in [5.74, 6) is 0.661. The van der Waals surface area contributed by atoms with Crippen molar-refractivity contribution >= 4 is 9.84 Å². The molecule has 0 unspecified atom stereocenters. The molecule has 0 aliphatic carbocycles. The van der Waals surface area contributed by atoms with Crippen LogP contribution in [-0.2, 0) is 22.8 Å². The number of sulfone groups is 1. The Morgan fingerprint density at radius 1 is 1.12 bits per heavy atom. The summed E-state index contributed by atoms with van der Waals surface area (Å²) >= 11 is 0. The van der Waals surface area contributed by atoms with Gasteiger partial charge in [-0.05, 0) is 68.0 Å². The molecular weight excluding hydrogens is 332 g/mol. The van der Waals surface area contributed by atoms with E-state index >= 15 is 0 Å². The molecule has 5 heteroatoms. The number of aryl methyl sites for hydroxylation is 1. The molecule has 25 heavy (non-hydrogen) atoms. The lowest BCUT2D eigenvalue weighted by atomic mass is 9.91. The van der Waals surface area contributed by atoms with Gasteiger partial charge in [0.2, 0.25) is 0 Å². The highest BCUT2D eigenvalue weighted by atomic mass is 32.2. The zero-order valence-corrected chi connectivity index (χ0v) is 15.8. The molecule has 1 aliphatic rings. The summed E-state index contributed by atoms with van der Waals surface area (Å²) in [5.41, 5.74) is 3.55. The van der Waals surface area contributed by atoms with Crippen molar-refractivity contribution in [3.05, 3.63) is 59.4 Å². The molecule has 0 bridgehead atoms. The number of benzene rings is 1. The lowest BCUT2D eigenvalue weighted by molar-refractivity contribution is 0.167. The van der Waals surface area contributed by atoms with Crippen molar-refractivity contribution in [2.75, 3.05) is 19.3 Å². The van der Waals surface area contributed by atoms with Gasteiger partial charge in [0.15, 0.2) is 9.84 Å². The zero-order valence-electron chi connectivity index (χ0n) is 15.0. The van der Waals surface area contributed by atoms with E-state index < -0.39 is 9.84 Å². The van der Waals surface area contributed by atoms with E-state index in [4.69, 9.17) is 0 Å². The maximum absolute atomic E-state index is 11.6. The predicted molar refractivity (Wildman–Crippen MR) is 100 cm³/mol. The van der Waals surface area contributed by atoms with Crippen molar-refractivity contribution in [2.45, 2.75) is 37.6 Å². The molecular formula is C20H26N2O2S. The van der Waals surface area contributed by atoms with E-state index in [-0.39, 0.29) is 0 Å². The Hall–Kier alpha value is -1.72. The van der Waals surface area contributed by atoms with Crippen LogP contribution in [0, 0.1) is 12.8 Å². The summed E-state index contributed by atoms with van der Waals surface area (Å²) in [6, 6.07) is 11.6. The number of hydrogen-bond acceptors (Lipinski definition) is 4. The molecule has 2 heterocycles. The highest BCUT2D eigenvalue weighted by Crippen LogP contribution is 2.22. The molecule has 3 rings (SSSR count). The number of nitrogens with zero attached hydrogens (tertiary/aromatic N) is 2. The molecule has 1 atom stereocenters. The van der Waals surface area contributed by atoms with E-state index in [2.05, 4.69) is 22.0 Å². The van der Waals surface area contributed by atoms with E-state index in [1.165, 1.54) is 30.2 Å². The topological polar surface area (TPSA) is 50.3 Å². The molecule has 1 aromatic heterocycles. The van der Waals surface area contributed by atoms with Crippen LogP contribution in [0.5, 0.6) is 0 Å². The van der Waals surface area contributed by atoms with Gasteiger partial charge in [-0.15, -0.1) is 0 Å². The van der Waals surface area contributed by atoms with Gasteiger partial charge < -0.3 is 0 Å². The van der Waals surface area contributed by atoms with Gasteiger partial charge in [-0.2, -0.15) is 0 Å². The third-order valence-electron chi connectivity index (χ3n) is 4.86. The average Bonchev–Trinajstić information content (AvgIpc) is 2.57. The van der Waals surface area contributed by atoms with Gasteiger partial charge in [0.1, 0.15) is 0 Å². The first-order valence-corrected chi connectivity index (χ1v) is 10.7. The van der Waals surface area contributed by atoms with Gasteiger partial charge >= 0.3 is 0 Å².